The van der Waals surface area contributed by atoms with E-state index in [2.05, 4.69) is 0 Å². The van der Waals surface area contributed by atoms with Gasteiger partial charge in [0.1, 0.15) is 0 Å². The molecule has 0 unspecified atom stereocenters. The lowest BCUT2D eigenvalue weighted by Gasteiger charge is -2.17. The van der Waals surface area contributed by atoms with Crippen LogP contribution in [0.4, 0.5) is 0 Å². The Bertz CT molecular complexity index is 349. The van der Waals surface area contributed by atoms with E-state index in [0.29, 0.717) is 5.56 Å². The zero-order valence-electron chi connectivity index (χ0n) is 9.86. The summed E-state index contributed by atoms with van der Waals surface area (Å²) >= 11 is 0. The predicted octanol–water partition coefficient (Wildman–Crippen LogP) is 2.44. The van der Waals surface area contributed by atoms with E-state index in [0.717, 1.165) is 24.8 Å². The Hall–Kier alpha value is -1.35. The van der Waals surface area contributed by atoms with Gasteiger partial charge in [0.15, 0.2) is 0 Å². The molecule has 0 aromatic heterocycles. The van der Waals surface area contributed by atoms with Gasteiger partial charge in [0, 0.05) is 5.54 Å². The number of carboxylic acid groups (broad SMARTS) is 1. The lowest BCUT2D eigenvalue weighted by atomic mass is 9.96. The van der Waals surface area contributed by atoms with Crippen molar-refractivity contribution in [1.82, 2.24) is 0 Å². The highest BCUT2D eigenvalue weighted by Gasteiger charge is 2.09. The van der Waals surface area contributed by atoms with E-state index in [4.69, 9.17) is 10.8 Å². The molecule has 0 atom stereocenters. The third kappa shape index (κ3) is 4.45. The number of hydrogen-bond acceptors (Lipinski definition) is 2. The van der Waals surface area contributed by atoms with Crippen molar-refractivity contribution in [2.45, 2.75) is 38.6 Å². The minimum Gasteiger partial charge on any atom is -0.478 e. The van der Waals surface area contributed by atoms with Gasteiger partial charge in [-0.25, -0.2) is 4.79 Å². The van der Waals surface area contributed by atoms with E-state index in [1.165, 1.54) is 0 Å². The molecule has 3 N–H and O–H groups in total. The summed E-state index contributed by atoms with van der Waals surface area (Å²) in [6, 6.07) is 7.02. The van der Waals surface area contributed by atoms with Crippen molar-refractivity contribution >= 4 is 5.97 Å². The number of carbonyl (C=O) groups is 1. The van der Waals surface area contributed by atoms with Gasteiger partial charge in [-0.2, -0.15) is 0 Å². The molecule has 0 radical (unpaired) electrons. The predicted molar refractivity (Wildman–Crippen MR) is 64.6 cm³/mol. The Labute approximate surface area is 96.3 Å². The maximum atomic E-state index is 10.6. The number of carboxylic acids is 1. The van der Waals surface area contributed by atoms with Crippen LogP contribution in [-0.2, 0) is 6.42 Å². The molecule has 0 amide bonds. The molecule has 0 saturated heterocycles. The molecule has 0 spiro atoms. The first-order chi connectivity index (χ1) is 7.38. The van der Waals surface area contributed by atoms with Crippen molar-refractivity contribution in [3.63, 3.8) is 0 Å². The van der Waals surface area contributed by atoms with Crippen molar-refractivity contribution in [2.75, 3.05) is 0 Å². The van der Waals surface area contributed by atoms with Gasteiger partial charge < -0.3 is 10.8 Å². The van der Waals surface area contributed by atoms with Crippen LogP contribution in [0.15, 0.2) is 24.3 Å². The molecular formula is C13H19NO2. The van der Waals surface area contributed by atoms with Crippen LogP contribution in [-0.4, -0.2) is 16.6 Å². The topological polar surface area (TPSA) is 63.3 Å². The summed E-state index contributed by atoms with van der Waals surface area (Å²) in [5.74, 6) is -0.880. The first-order valence-corrected chi connectivity index (χ1v) is 5.49. The molecule has 0 aliphatic heterocycles. The second kappa shape index (κ2) is 5.12. The molecular weight excluding hydrogens is 202 g/mol. The van der Waals surface area contributed by atoms with Crippen LogP contribution in [0.1, 0.15) is 42.6 Å². The van der Waals surface area contributed by atoms with Crippen molar-refractivity contribution < 1.29 is 9.90 Å². The maximum Gasteiger partial charge on any atom is 0.335 e. The van der Waals surface area contributed by atoms with E-state index in [1.54, 1.807) is 12.1 Å². The van der Waals surface area contributed by atoms with E-state index >= 15 is 0 Å². The summed E-state index contributed by atoms with van der Waals surface area (Å²) in [7, 11) is 0. The highest BCUT2D eigenvalue weighted by molar-refractivity contribution is 5.87. The first kappa shape index (κ1) is 12.7. The monoisotopic (exact) mass is 221 g/mol. The molecule has 1 rings (SSSR count). The lowest BCUT2D eigenvalue weighted by molar-refractivity contribution is 0.0697. The van der Waals surface area contributed by atoms with Crippen LogP contribution < -0.4 is 5.73 Å². The van der Waals surface area contributed by atoms with Crippen LogP contribution in [0.3, 0.4) is 0 Å². The van der Waals surface area contributed by atoms with Crippen molar-refractivity contribution in [1.29, 1.82) is 0 Å². The first-order valence-electron chi connectivity index (χ1n) is 5.49. The molecule has 1 aromatic rings. The summed E-state index contributed by atoms with van der Waals surface area (Å²) < 4.78 is 0. The molecule has 0 fully saturated rings. The second-order valence-electron chi connectivity index (χ2n) is 4.84. The summed E-state index contributed by atoms with van der Waals surface area (Å²) in [4.78, 5) is 10.6. The fourth-order valence-electron chi connectivity index (χ4n) is 1.56. The van der Waals surface area contributed by atoms with Crippen LogP contribution in [0.5, 0.6) is 0 Å². The fourth-order valence-corrected chi connectivity index (χ4v) is 1.56. The van der Waals surface area contributed by atoms with Crippen LogP contribution >= 0.6 is 0 Å². The lowest BCUT2D eigenvalue weighted by Crippen LogP contribution is -2.31. The number of aromatic carboxylic acids is 1. The molecule has 0 saturated carbocycles. The summed E-state index contributed by atoms with van der Waals surface area (Å²) in [6.45, 7) is 4.03. The van der Waals surface area contributed by atoms with Gasteiger partial charge in [0.25, 0.3) is 0 Å². The summed E-state index contributed by atoms with van der Waals surface area (Å²) in [5.41, 5.74) is 7.26. The Morgan fingerprint density at radius 2 is 1.88 bits per heavy atom. The number of benzene rings is 1. The summed E-state index contributed by atoms with van der Waals surface area (Å²) in [5, 5.41) is 8.74. The normalized spacial score (nSPS) is 11.4. The Balaban J connectivity index is 2.47. The number of hydrogen-bond donors (Lipinski definition) is 2. The third-order valence-electron chi connectivity index (χ3n) is 2.49. The van der Waals surface area contributed by atoms with E-state index in [9.17, 15) is 4.79 Å². The standard InChI is InChI=1S/C13H19NO2/c1-13(2,14)9-3-4-10-5-7-11(8-6-10)12(15)16/h5-8H,3-4,9,14H2,1-2H3,(H,15,16). The van der Waals surface area contributed by atoms with Crippen LogP contribution in [0.25, 0.3) is 0 Å². The van der Waals surface area contributed by atoms with Gasteiger partial charge in [0.2, 0.25) is 0 Å². The van der Waals surface area contributed by atoms with Crippen LogP contribution in [0, 0.1) is 0 Å². The van der Waals surface area contributed by atoms with Gasteiger partial charge >= 0.3 is 5.97 Å². The van der Waals surface area contributed by atoms with Crippen LogP contribution in [0.2, 0.25) is 0 Å². The number of nitrogens with two attached hydrogens (primary N) is 1. The fraction of sp³-hybridized carbons (Fsp3) is 0.462. The quantitative estimate of drug-likeness (QED) is 0.802. The average Bonchev–Trinajstić information content (AvgIpc) is 2.16. The highest BCUT2D eigenvalue weighted by Crippen LogP contribution is 2.12. The van der Waals surface area contributed by atoms with E-state index in [-0.39, 0.29) is 5.54 Å². The molecule has 3 nitrogen and oxygen atoms in total. The van der Waals surface area contributed by atoms with Gasteiger partial charge in [-0.15, -0.1) is 0 Å². The Kier molecular flexibility index (Phi) is 4.07. The smallest absolute Gasteiger partial charge is 0.335 e. The number of rotatable bonds is 5. The zero-order chi connectivity index (χ0) is 12.2. The maximum absolute atomic E-state index is 10.6. The Morgan fingerprint density at radius 3 is 2.31 bits per heavy atom. The zero-order valence-corrected chi connectivity index (χ0v) is 9.86. The number of aryl methyl sites for hydroxylation is 1. The molecule has 3 heteroatoms. The highest BCUT2D eigenvalue weighted by atomic mass is 16.4. The molecule has 0 heterocycles. The van der Waals surface area contributed by atoms with Gasteiger partial charge in [-0.3, -0.25) is 0 Å². The molecule has 0 aliphatic rings. The molecule has 0 aliphatic carbocycles. The van der Waals surface area contributed by atoms with E-state index < -0.39 is 5.97 Å². The van der Waals surface area contributed by atoms with Gasteiger partial charge in [-0.05, 0) is 50.8 Å². The minimum atomic E-state index is -0.880. The van der Waals surface area contributed by atoms with Gasteiger partial charge in [0.05, 0.1) is 5.56 Å². The molecule has 88 valence electrons. The van der Waals surface area contributed by atoms with Crippen molar-refractivity contribution in [3.05, 3.63) is 35.4 Å². The SMILES string of the molecule is CC(C)(N)CCCc1ccc(C(=O)O)cc1. The molecule has 1 aromatic carbocycles. The van der Waals surface area contributed by atoms with Gasteiger partial charge in [-0.1, -0.05) is 12.1 Å². The summed E-state index contributed by atoms with van der Waals surface area (Å²) in [6.07, 6.45) is 2.93. The Morgan fingerprint density at radius 1 is 1.31 bits per heavy atom. The van der Waals surface area contributed by atoms with Crippen molar-refractivity contribution in [2.24, 2.45) is 5.73 Å². The largest absolute Gasteiger partial charge is 0.478 e. The third-order valence-corrected chi connectivity index (χ3v) is 2.49. The second-order valence-corrected chi connectivity index (χ2v) is 4.84. The molecule has 0 bridgehead atoms. The minimum absolute atomic E-state index is 0.124. The molecule has 16 heavy (non-hydrogen) atoms. The van der Waals surface area contributed by atoms with E-state index in [1.807, 2.05) is 26.0 Å². The average molecular weight is 221 g/mol. The van der Waals surface area contributed by atoms with Crippen molar-refractivity contribution in [3.8, 4) is 0 Å².